The standard InChI is InChI=1S/C12H24N6O/c1-17-15-12(14-16-17)10-18-6-3-4-11(9-18)8-13-5-7-19-2/h11,13H,3-10H2,1-2H3. The van der Waals surface area contributed by atoms with E-state index in [0.717, 1.165) is 45.2 Å². The molecule has 1 aromatic rings. The number of piperidine rings is 1. The number of likely N-dealkylation sites (tertiary alicyclic amines) is 1. The molecule has 1 aliphatic heterocycles. The van der Waals surface area contributed by atoms with Crippen LogP contribution in [0, 0.1) is 5.92 Å². The van der Waals surface area contributed by atoms with Crippen molar-refractivity contribution in [2.24, 2.45) is 13.0 Å². The average molecular weight is 268 g/mol. The number of nitrogens with zero attached hydrogens (tertiary/aromatic N) is 5. The van der Waals surface area contributed by atoms with Crippen molar-refractivity contribution in [3.05, 3.63) is 5.82 Å². The molecule has 1 fully saturated rings. The summed E-state index contributed by atoms with van der Waals surface area (Å²) >= 11 is 0. The molecule has 0 aliphatic carbocycles. The molecule has 7 heteroatoms. The maximum atomic E-state index is 5.03. The first kappa shape index (κ1) is 14.4. The minimum Gasteiger partial charge on any atom is -0.383 e. The number of rotatable bonds is 7. The normalized spacial score (nSPS) is 20.8. The van der Waals surface area contributed by atoms with Gasteiger partial charge >= 0.3 is 0 Å². The summed E-state index contributed by atoms with van der Waals surface area (Å²) in [5, 5.41) is 15.6. The first-order valence-corrected chi connectivity index (χ1v) is 6.93. The van der Waals surface area contributed by atoms with Crippen molar-refractivity contribution in [2.45, 2.75) is 19.4 Å². The van der Waals surface area contributed by atoms with E-state index in [1.165, 1.54) is 17.6 Å². The highest BCUT2D eigenvalue weighted by atomic mass is 16.5. The van der Waals surface area contributed by atoms with Crippen molar-refractivity contribution < 1.29 is 4.74 Å². The maximum Gasteiger partial charge on any atom is 0.188 e. The van der Waals surface area contributed by atoms with Gasteiger partial charge in [0.25, 0.3) is 0 Å². The summed E-state index contributed by atoms with van der Waals surface area (Å²) < 4.78 is 5.03. The van der Waals surface area contributed by atoms with Crippen LogP contribution in [-0.2, 0) is 18.3 Å². The van der Waals surface area contributed by atoms with Gasteiger partial charge in [-0.25, -0.2) is 0 Å². The van der Waals surface area contributed by atoms with Crippen molar-refractivity contribution >= 4 is 0 Å². The molecule has 1 atom stereocenters. The molecule has 0 bridgehead atoms. The van der Waals surface area contributed by atoms with E-state index >= 15 is 0 Å². The molecule has 0 saturated carbocycles. The molecule has 1 unspecified atom stereocenters. The number of hydrogen-bond donors (Lipinski definition) is 1. The van der Waals surface area contributed by atoms with Crippen molar-refractivity contribution in [2.75, 3.05) is 39.9 Å². The van der Waals surface area contributed by atoms with Crippen molar-refractivity contribution in [1.82, 2.24) is 30.4 Å². The van der Waals surface area contributed by atoms with Crippen LogP contribution in [0.5, 0.6) is 0 Å². The third-order valence-corrected chi connectivity index (χ3v) is 3.43. The van der Waals surface area contributed by atoms with E-state index in [9.17, 15) is 0 Å². The fourth-order valence-electron chi connectivity index (χ4n) is 2.53. The third-order valence-electron chi connectivity index (χ3n) is 3.43. The van der Waals surface area contributed by atoms with E-state index in [0.29, 0.717) is 5.92 Å². The van der Waals surface area contributed by atoms with Gasteiger partial charge in [-0.15, -0.1) is 10.2 Å². The Balaban J connectivity index is 1.71. The van der Waals surface area contributed by atoms with Crippen molar-refractivity contribution in [3.63, 3.8) is 0 Å². The highest BCUT2D eigenvalue weighted by molar-refractivity contribution is 4.81. The lowest BCUT2D eigenvalue weighted by atomic mass is 9.98. The second-order valence-corrected chi connectivity index (χ2v) is 5.14. The van der Waals surface area contributed by atoms with Gasteiger partial charge in [-0.1, -0.05) is 0 Å². The Hall–Kier alpha value is -1.05. The molecular weight excluding hydrogens is 244 g/mol. The highest BCUT2D eigenvalue weighted by Gasteiger charge is 2.20. The molecular formula is C12H24N6O. The van der Waals surface area contributed by atoms with E-state index in [4.69, 9.17) is 4.74 Å². The zero-order valence-corrected chi connectivity index (χ0v) is 11.9. The lowest BCUT2D eigenvalue weighted by Crippen LogP contribution is -2.40. The molecule has 0 aromatic carbocycles. The number of nitrogens with one attached hydrogen (secondary N) is 1. The van der Waals surface area contributed by atoms with Crippen LogP contribution in [0.15, 0.2) is 0 Å². The van der Waals surface area contributed by atoms with Gasteiger partial charge in [-0.05, 0) is 37.1 Å². The van der Waals surface area contributed by atoms with Crippen molar-refractivity contribution in [1.29, 1.82) is 0 Å². The summed E-state index contributed by atoms with van der Waals surface area (Å²) in [7, 11) is 3.53. The second kappa shape index (κ2) is 7.52. The number of hydrogen-bond acceptors (Lipinski definition) is 6. The van der Waals surface area contributed by atoms with Crippen LogP contribution in [-0.4, -0.2) is 65.0 Å². The number of methoxy groups -OCH3 is 1. The molecule has 0 amide bonds. The predicted octanol–water partition coefficient (Wildman–Crippen LogP) is -0.342. The molecule has 0 spiro atoms. The van der Waals surface area contributed by atoms with Crippen LogP contribution in [0.1, 0.15) is 18.7 Å². The number of tetrazole rings is 1. The van der Waals surface area contributed by atoms with E-state index in [1.807, 2.05) is 0 Å². The molecule has 2 rings (SSSR count). The molecule has 7 nitrogen and oxygen atoms in total. The summed E-state index contributed by atoms with van der Waals surface area (Å²) in [4.78, 5) is 3.94. The summed E-state index contributed by atoms with van der Waals surface area (Å²) in [5.74, 6) is 1.53. The zero-order chi connectivity index (χ0) is 13.5. The Morgan fingerprint density at radius 1 is 1.47 bits per heavy atom. The minimum atomic E-state index is 0.710. The lowest BCUT2D eigenvalue weighted by Gasteiger charge is -2.32. The number of aromatic nitrogens is 4. The fraction of sp³-hybridized carbons (Fsp3) is 0.917. The maximum absolute atomic E-state index is 5.03. The molecule has 1 aliphatic rings. The van der Waals surface area contributed by atoms with Gasteiger partial charge in [0.1, 0.15) is 0 Å². The van der Waals surface area contributed by atoms with Gasteiger partial charge in [0.2, 0.25) is 0 Å². The second-order valence-electron chi connectivity index (χ2n) is 5.14. The van der Waals surface area contributed by atoms with Crippen LogP contribution in [0.25, 0.3) is 0 Å². The van der Waals surface area contributed by atoms with Crippen LogP contribution >= 0.6 is 0 Å². The highest BCUT2D eigenvalue weighted by Crippen LogP contribution is 2.16. The molecule has 0 radical (unpaired) electrons. The molecule has 19 heavy (non-hydrogen) atoms. The zero-order valence-electron chi connectivity index (χ0n) is 11.9. The summed E-state index contributed by atoms with van der Waals surface area (Å²) in [5.41, 5.74) is 0. The van der Waals surface area contributed by atoms with E-state index in [1.54, 1.807) is 14.2 Å². The Morgan fingerprint density at radius 3 is 3.11 bits per heavy atom. The Kier molecular flexibility index (Phi) is 5.68. The molecule has 2 heterocycles. The number of ether oxygens (including phenoxy) is 1. The average Bonchev–Trinajstić information content (AvgIpc) is 2.81. The van der Waals surface area contributed by atoms with Crippen LogP contribution in [0.4, 0.5) is 0 Å². The van der Waals surface area contributed by atoms with Gasteiger partial charge in [0.05, 0.1) is 20.2 Å². The van der Waals surface area contributed by atoms with Gasteiger partial charge in [-0.3, -0.25) is 4.90 Å². The first-order valence-electron chi connectivity index (χ1n) is 6.93. The third kappa shape index (κ3) is 4.85. The quantitative estimate of drug-likeness (QED) is 0.682. The smallest absolute Gasteiger partial charge is 0.188 e. The first-order chi connectivity index (χ1) is 9.28. The molecule has 1 saturated heterocycles. The summed E-state index contributed by atoms with van der Waals surface area (Å²) in [6, 6.07) is 0. The Bertz CT molecular complexity index is 369. The van der Waals surface area contributed by atoms with E-state index in [2.05, 4.69) is 25.6 Å². The van der Waals surface area contributed by atoms with Crippen LogP contribution < -0.4 is 5.32 Å². The van der Waals surface area contributed by atoms with Gasteiger partial charge in [0.15, 0.2) is 5.82 Å². The molecule has 1 aromatic heterocycles. The number of aryl methyl sites for hydroxylation is 1. The molecule has 1 N–H and O–H groups in total. The summed E-state index contributed by atoms with van der Waals surface area (Å²) in [6.45, 7) is 5.82. The monoisotopic (exact) mass is 268 g/mol. The van der Waals surface area contributed by atoms with Gasteiger partial charge in [-0.2, -0.15) is 4.80 Å². The SMILES string of the molecule is COCCNCC1CCCN(Cc2nnn(C)n2)C1. The van der Waals surface area contributed by atoms with Gasteiger partial charge in [0, 0.05) is 20.2 Å². The minimum absolute atomic E-state index is 0.710. The predicted molar refractivity (Wildman–Crippen MR) is 71.5 cm³/mol. The van der Waals surface area contributed by atoms with E-state index < -0.39 is 0 Å². The van der Waals surface area contributed by atoms with Crippen molar-refractivity contribution in [3.8, 4) is 0 Å². The summed E-state index contributed by atoms with van der Waals surface area (Å²) in [6.07, 6.45) is 2.54. The lowest BCUT2D eigenvalue weighted by molar-refractivity contribution is 0.156. The van der Waals surface area contributed by atoms with Crippen LogP contribution in [0.2, 0.25) is 0 Å². The Labute approximate surface area is 114 Å². The topological polar surface area (TPSA) is 68.1 Å². The fourth-order valence-corrected chi connectivity index (χ4v) is 2.53. The van der Waals surface area contributed by atoms with Crippen LogP contribution in [0.3, 0.4) is 0 Å². The van der Waals surface area contributed by atoms with E-state index in [-0.39, 0.29) is 0 Å². The molecule has 108 valence electrons. The van der Waals surface area contributed by atoms with Gasteiger partial charge < -0.3 is 10.1 Å². The Morgan fingerprint density at radius 2 is 2.37 bits per heavy atom. The largest absolute Gasteiger partial charge is 0.383 e.